The van der Waals surface area contributed by atoms with E-state index in [1.54, 1.807) is 0 Å². The molecule has 1 aliphatic rings. The molecule has 0 atom stereocenters. The second kappa shape index (κ2) is 10.1. The summed E-state index contributed by atoms with van der Waals surface area (Å²) in [5.41, 5.74) is 10.5. The second-order valence-electron chi connectivity index (χ2n) is 10.6. The van der Waals surface area contributed by atoms with Gasteiger partial charge in [0.2, 0.25) is 0 Å². The lowest BCUT2D eigenvalue weighted by atomic mass is 9.90. The van der Waals surface area contributed by atoms with Crippen molar-refractivity contribution in [2.45, 2.75) is 0 Å². The molecule has 0 saturated heterocycles. The number of benzene rings is 7. The van der Waals surface area contributed by atoms with Crippen LogP contribution in [0.4, 0.5) is 17.1 Å². The van der Waals surface area contributed by atoms with Crippen molar-refractivity contribution in [3.63, 3.8) is 0 Å². The van der Waals surface area contributed by atoms with Crippen molar-refractivity contribution in [2.24, 2.45) is 0 Å². The number of hydrogen-bond donors (Lipinski definition) is 0. The third-order valence-electron chi connectivity index (χ3n) is 8.08. The second-order valence-corrected chi connectivity index (χ2v) is 10.6. The summed E-state index contributed by atoms with van der Waals surface area (Å²) in [6, 6.07) is 57.9. The summed E-state index contributed by atoms with van der Waals surface area (Å²) in [5, 5.41) is 2.37. The molecule has 198 valence electrons. The highest BCUT2D eigenvalue weighted by Gasteiger charge is 2.21. The lowest BCUT2D eigenvalue weighted by Gasteiger charge is -2.26. The first-order valence-corrected chi connectivity index (χ1v) is 14.3. The molecule has 0 spiro atoms. The number of nitrogens with zero attached hydrogens (tertiary/aromatic N) is 1. The van der Waals surface area contributed by atoms with E-state index in [4.69, 9.17) is 4.74 Å². The summed E-state index contributed by atoms with van der Waals surface area (Å²) in [5.74, 6) is 1.82. The normalized spacial score (nSPS) is 11.5. The third kappa shape index (κ3) is 4.13. The molecule has 2 heteroatoms. The Labute approximate surface area is 245 Å². The summed E-state index contributed by atoms with van der Waals surface area (Å²) in [4.78, 5) is 2.31. The molecule has 0 amide bonds. The Hall–Kier alpha value is -5.60. The lowest BCUT2D eigenvalue weighted by Crippen LogP contribution is -2.09. The predicted molar refractivity (Wildman–Crippen MR) is 175 cm³/mol. The maximum absolute atomic E-state index is 6.32. The fraction of sp³-hybridized carbons (Fsp3) is 0. The van der Waals surface area contributed by atoms with Gasteiger partial charge in [-0.2, -0.15) is 0 Å². The Morgan fingerprint density at radius 3 is 1.64 bits per heavy atom. The van der Waals surface area contributed by atoms with Crippen LogP contribution >= 0.6 is 0 Å². The maximum atomic E-state index is 6.32. The van der Waals surface area contributed by atoms with E-state index in [1.807, 2.05) is 12.1 Å². The van der Waals surface area contributed by atoms with E-state index in [0.29, 0.717) is 0 Å². The zero-order valence-electron chi connectivity index (χ0n) is 22.9. The topological polar surface area (TPSA) is 12.5 Å². The number of para-hydroxylation sites is 2. The van der Waals surface area contributed by atoms with Crippen molar-refractivity contribution >= 4 is 27.8 Å². The smallest absolute Gasteiger partial charge is 0.135 e. The molecule has 0 aromatic heterocycles. The van der Waals surface area contributed by atoms with Gasteiger partial charge in [0, 0.05) is 28.0 Å². The van der Waals surface area contributed by atoms with Gasteiger partial charge in [-0.1, -0.05) is 115 Å². The third-order valence-corrected chi connectivity index (χ3v) is 8.08. The Morgan fingerprint density at radius 1 is 0.333 bits per heavy atom. The van der Waals surface area contributed by atoms with Crippen LogP contribution in [0.15, 0.2) is 164 Å². The van der Waals surface area contributed by atoms with E-state index in [9.17, 15) is 0 Å². The van der Waals surface area contributed by atoms with Gasteiger partial charge in [0.15, 0.2) is 0 Å². The molecule has 1 aliphatic heterocycles. The van der Waals surface area contributed by atoms with Crippen molar-refractivity contribution in [3.05, 3.63) is 164 Å². The van der Waals surface area contributed by atoms with E-state index in [1.165, 1.54) is 38.6 Å². The molecular weight excluding hydrogens is 510 g/mol. The number of rotatable bonds is 5. The summed E-state index contributed by atoms with van der Waals surface area (Å²) < 4.78 is 6.32. The molecule has 0 unspecified atom stereocenters. The first-order valence-electron chi connectivity index (χ1n) is 14.3. The van der Waals surface area contributed by atoms with Gasteiger partial charge >= 0.3 is 0 Å². The molecule has 0 N–H and O–H groups in total. The average molecular weight is 538 g/mol. The Morgan fingerprint density at radius 2 is 0.905 bits per heavy atom. The van der Waals surface area contributed by atoms with Crippen molar-refractivity contribution in [1.29, 1.82) is 0 Å². The van der Waals surface area contributed by atoms with Gasteiger partial charge in [-0.3, -0.25) is 0 Å². The zero-order valence-corrected chi connectivity index (χ0v) is 22.9. The quantitative estimate of drug-likeness (QED) is 0.216. The molecule has 0 fully saturated rings. The van der Waals surface area contributed by atoms with Crippen LogP contribution in [-0.2, 0) is 0 Å². The molecule has 0 aliphatic carbocycles. The summed E-state index contributed by atoms with van der Waals surface area (Å²) >= 11 is 0. The van der Waals surface area contributed by atoms with Crippen LogP contribution in [0, 0.1) is 0 Å². The number of fused-ring (bicyclic) bond motifs is 2. The average Bonchev–Trinajstić information content (AvgIpc) is 3.07. The van der Waals surface area contributed by atoms with E-state index < -0.39 is 0 Å². The highest BCUT2D eigenvalue weighted by molar-refractivity contribution is 6.09. The molecule has 7 aromatic carbocycles. The van der Waals surface area contributed by atoms with Gasteiger partial charge in [-0.15, -0.1) is 0 Å². The molecule has 1 heterocycles. The molecule has 7 aromatic rings. The molecule has 2 nitrogen and oxygen atoms in total. The number of anilines is 3. The molecule has 0 bridgehead atoms. The monoisotopic (exact) mass is 537 g/mol. The minimum absolute atomic E-state index is 0.910. The van der Waals surface area contributed by atoms with Gasteiger partial charge in [-0.05, 0) is 81.7 Å². The number of hydrogen-bond acceptors (Lipinski definition) is 2. The van der Waals surface area contributed by atoms with Gasteiger partial charge in [0.05, 0.1) is 0 Å². The van der Waals surface area contributed by atoms with Crippen LogP contribution in [0.2, 0.25) is 0 Å². The first kappa shape index (κ1) is 24.2. The summed E-state index contributed by atoms with van der Waals surface area (Å²) in [6.45, 7) is 0. The van der Waals surface area contributed by atoms with Crippen LogP contribution in [0.25, 0.3) is 44.2 Å². The van der Waals surface area contributed by atoms with E-state index in [0.717, 1.165) is 34.1 Å². The van der Waals surface area contributed by atoms with Gasteiger partial charge in [0.1, 0.15) is 11.5 Å². The molecule has 0 radical (unpaired) electrons. The summed E-state index contributed by atoms with van der Waals surface area (Å²) in [6.07, 6.45) is 0. The minimum atomic E-state index is 0.910. The van der Waals surface area contributed by atoms with Crippen LogP contribution in [0.5, 0.6) is 11.5 Å². The predicted octanol–water partition coefficient (Wildman–Crippen LogP) is 11.4. The molecule has 42 heavy (non-hydrogen) atoms. The van der Waals surface area contributed by atoms with Crippen LogP contribution in [-0.4, -0.2) is 0 Å². The minimum Gasteiger partial charge on any atom is -0.456 e. The highest BCUT2D eigenvalue weighted by atomic mass is 16.5. The Kier molecular flexibility index (Phi) is 5.82. The fourth-order valence-corrected chi connectivity index (χ4v) is 6.08. The molecule has 0 saturated carbocycles. The maximum Gasteiger partial charge on any atom is 0.135 e. The lowest BCUT2D eigenvalue weighted by molar-refractivity contribution is 0.487. The summed E-state index contributed by atoms with van der Waals surface area (Å²) in [7, 11) is 0. The fourth-order valence-electron chi connectivity index (χ4n) is 6.08. The van der Waals surface area contributed by atoms with Crippen molar-refractivity contribution in [3.8, 4) is 44.9 Å². The molecule has 8 rings (SSSR count). The SMILES string of the molecule is c1ccc(-c2ccc(N(c3ccccc3)c3ccc(-c4ccc5c6c(cccc46)-c4ccccc4O5)cc3)cc2)cc1. The van der Waals surface area contributed by atoms with Crippen LogP contribution in [0.1, 0.15) is 0 Å². The Balaban J connectivity index is 1.19. The van der Waals surface area contributed by atoms with Gasteiger partial charge < -0.3 is 9.64 Å². The van der Waals surface area contributed by atoms with E-state index in [2.05, 4.69) is 157 Å². The van der Waals surface area contributed by atoms with Crippen LogP contribution in [0.3, 0.4) is 0 Å². The van der Waals surface area contributed by atoms with Crippen LogP contribution < -0.4 is 9.64 Å². The Bertz CT molecular complexity index is 2030. The number of ether oxygens (including phenoxy) is 1. The highest BCUT2D eigenvalue weighted by Crippen LogP contribution is 2.48. The largest absolute Gasteiger partial charge is 0.456 e. The van der Waals surface area contributed by atoms with Gasteiger partial charge in [-0.25, -0.2) is 0 Å². The van der Waals surface area contributed by atoms with Crippen molar-refractivity contribution in [2.75, 3.05) is 4.90 Å². The van der Waals surface area contributed by atoms with Crippen molar-refractivity contribution < 1.29 is 4.74 Å². The zero-order chi connectivity index (χ0) is 27.9. The first-order chi connectivity index (χ1) is 20.8. The van der Waals surface area contributed by atoms with Gasteiger partial charge in [0.25, 0.3) is 0 Å². The standard InChI is InChI=1S/C40H27NO/c1-3-10-28(11-4-1)29-18-22-32(23-19-29)41(31-12-5-2-6-13-31)33-24-20-30(21-25-33)34-26-27-39-40-36(34)15-9-16-37(40)35-14-7-8-17-38(35)42-39/h1-27H. The van der Waals surface area contributed by atoms with E-state index in [-0.39, 0.29) is 0 Å². The van der Waals surface area contributed by atoms with Crippen molar-refractivity contribution in [1.82, 2.24) is 0 Å². The van der Waals surface area contributed by atoms with E-state index >= 15 is 0 Å². The molecular formula is C40H27NO.